The van der Waals surface area contributed by atoms with Gasteiger partial charge in [-0.2, -0.15) is 0 Å². The van der Waals surface area contributed by atoms with Crippen molar-refractivity contribution < 1.29 is 0 Å². The van der Waals surface area contributed by atoms with Gasteiger partial charge in [-0.15, -0.1) is 0 Å². The largest absolute Gasteiger partial charge is 0.345 e. The highest BCUT2D eigenvalue weighted by molar-refractivity contribution is 5.20. The number of rotatable bonds is 4. The quantitative estimate of drug-likeness (QED) is 0.871. The minimum atomic E-state index is -0.259. The molecule has 3 nitrogen and oxygen atoms in total. The summed E-state index contributed by atoms with van der Waals surface area (Å²) in [5.74, 6) is 0. The van der Waals surface area contributed by atoms with E-state index in [0.717, 1.165) is 30.5 Å². The van der Waals surface area contributed by atoms with Crippen LogP contribution < -0.4 is 5.69 Å². The molecule has 1 N–H and O–H groups in total. The van der Waals surface area contributed by atoms with Crippen LogP contribution in [0.3, 0.4) is 0 Å². The molecule has 0 spiro atoms. The molecule has 1 aromatic carbocycles. The van der Waals surface area contributed by atoms with Crippen LogP contribution in [0.15, 0.2) is 41.3 Å². The zero-order valence-corrected chi connectivity index (χ0v) is 9.94. The molecule has 2 rings (SSSR count). The average molecular weight is 228 g/mol. The van der Waals surface area contributed by atoms with Gasteiger partial charge in [-0.05, 0) is 30.4 Å². The fourth-order valence-corrected chi connectivity index (χ4v) is 1.91. The third kappa shape index (κ3) is 3.03. The van der Waals surface area contributed by atoms with E-state index in [4.69, 9.17) is 0 Å². The van der Waals surface area contributed by atoms with Gasteiger partial charge in [-0.25, -0.2) is 9.78 Å². The van der Waals surface area contributed by atoms with Crippen molar-refractivity contribution >= 4 is 0 Å². The molecular weight excluding hydrogens is 212 g/mol. The van der Waals surface area contributed by atoms with E-state index in [1.54, 1.807) is 6.20 Å². The molecule has 2 aromatic rings. The lowest BCUT2D eigenvalue weighted by molar-refractivity contribution is 0.860. The molecule has 0 saturated carbocycles. The summed E-state index contributed by atoms with van der Waals surface area (Å²) in [7, 11) is 0. The Bertz CT molecular complexity index is 531. The molecule has 0 unspecified atom stereocenters. The van der Waals surface area contributed by atoms with Crippen molar-refractivity contribution in [2.45, 2.75) is 26.2 Å². The number of aromatic nitrogens is 2. The second kappa shape index (κ2) is 5.43. The minimum absolute atomic E-state index is 0.259. The minimum Gasteiger partial charge on any atom is -0.310 e. The van der Waals surface area contributed by atoms with Crippen molar-refractivity contribution in [3.63, 3.8) is 0 Å². The van der Waals surface area contributed by atoms with Crippen LogP contribution in [0.25, 0.3) is 0 Å². The molecule has 0 fully saturated rings. The molecule has 0 atom stereocenters. The average Bonchev–Trinajstić information content (AvgIpc) is 2.38. The van der Waals surface area contributed by atoms with E-state index < -0.39 is 0 Å². The van der Waals surface area contributed by atoms with Crippen molar-refractivity contribution in [2.75, 3.05) is 0 Å². The van der Waals surface area contributed by atoms with Crippen LogP contribution in [0.4, 0.5) is 0 Å². The molecule has 0 bridgehead atoms. The molecule has 0 aliphatic carbocycles. The lowest BCUT2D eigenvalue weighted by Crippen LogP contribution is -2.14. The number of nitrogens with one attached hydrogen (secondary N) is 1. The maximum absolute atomic E-state index is 11.1. The second-order valence-corrected chi connectivity index (χ2v) is 4.03. The first-order valence-corrected chi connectivity index (χ1v) is 5.90. The standard InChI is InChI=1S/C14H16N2O/c1-2-13-12(10-15-14(17)16-13)9-8-11-6-4-3-5-7-11/h3-7,10H,2,8-9H2,1H3,(H,15,16,17). The molecule has 0 aliphatic rings. The maximum atomic E-state index is 11.1. The van der Waals surface area contributed by atoms with Crippen LogP contribution in [-0.2, 0) is 19.3 Å². The first-order chi connectivity index (χ1) is 8.29. The molecule has 88 valence electrons. The molecule has 0 amide bonds. The van der Waals surface area contributed by atoms with E-state index in [1.165, 1.54) is 5.56 Å². The van der Waals surface area contributed by atoms with E-state index in [1.807, 2.05) is 25.1 Å². The van der Waals surface area contributed by atoms with E-state index in [0.29, 0.717) is 0 Å². The van der Waals surface area contributed by atoms with Crippen LogP contribution in [0.2, 0.25) is 0 Å². The predicted octanol–water partition coefficient (Wildman–Crippen LogP) is 2.12. The monoisotopic (exact) mass is 228 g/mol. The lowest BCUT2D eigenvalue weighted by Gasteiger charge is -2.06. The third-order valence-corrected chi connectivity index (χ3v) is 2.86. The van der Waals surface area contributed by atoms with Gasteiger partial charge in [-0.1, -0.05) is 37.3 Å². The van der Waals surface area contributed by atoms with Gasteiger partial charge in [0.05, 0.1) is 0 Å². The summed E-state index contributed by atoms with van der Waals surface area (Å²) in [5, 5.41) is 0. The van der Waals surface area contributed by atoms with E-state index in [2.05, 4.69) is 22.1 Å². The summed E-state index contributed by atoms with van der Waals surface area (Å²) in [4.78, 5) is 17.7. The SMILES string of the molecule is CCc1[nH]c(=O)ncc1CCc1ccccc1. The third-order valence-electron chi connectivity index (χ3n) is 2.86. The highest BCUT2D eigenvalue weighted by Gasteiger charge is 2.03. The van der Waals surface area contributed by atoms with Crippen molar-refractivity contribution in [3.05, 3.63) is 63.8 Å². The van der Waals surface area contributed by atoms with Crippen molar-refractivity contribution in [2.24, 2.45) is 0 Å². The van der Waals surface area contributed by atoms with Gasteiger partial charge in [-0.3, -0.25) is 0 Å². The van der Waals surface area contributed by atoms with Crippen molar-refractivity contribution in [1.29, 1.82) is 0 Å². The fourth-order valence-electron chi connectivity index (χ4n) is 1.91. The summed E-state index contributed by atoms with van der Waals surface area (Å²) in [5.41, 5.74) is 3.18. The Morgan fingerprint density at radius 2 is 1.94 bits per heavy atom. The van der Waals surface area contributed by atoms with Gasteiger partial charge in [0.1, 0.15) is 0 Å². The van der Waals surface area contributed by atoms with Crippen LogP contribution in [0.5, 0.6) is 0 Å². The Morgan fingerprint density at radius 3 is 2.65 bits per heavy atom. The molecule has 3 heteroatoms. The van der Waals surface area contributed by atoms with Crippen LogP contribution >= 0.6 is 0 Å². The highest BCUT2D eigenvalue weighted by atomic mass is 16.1. The molecule has 0 radical (unpaired) electrons. The van der Waals surface area contributed by atoms with Gasteiger partial charge in [0.15, 0.2) is 0 Å². The number of hydrogen-bond acceptors (Lipinski definition) is 2. The summed E-state index contributed by atoms with van der Waals surface area (Å²) in [6.45, 7) is 2.04. The van der Waals surface area contributed by atoms with E-state index >= 15 is 0 Å². The number of H-pyrrole nitrogens is 1. The smallest absolute Gasteiger partial charge is 0.310 e. The van der Waals surface area contributed by atoms with Gasteiger partial charge in [0, 0.05) is 11.9 Å². The van der Waals surface area contributed by atoms with Crippen LogP contribution in [0.1, 0.15) is 23.7 Å². The number of aromatic amines is 1. The Labute approximate surface area is 101 Å². The van der Waals surface area contributed by atoms with Crippen LogP contribution in [-0.4, -0.2) is 9.97 Å². The Kier molecular flexibility index (Phi) is 3.70. The molecule has 0 aliphatic heterocycles. The van der Waals surface area contributed by atoms with E-state index in [-0.39, 0.29) is 5.69 Å². The van der Waals surface area contributed by atoms with Crippen molar-refractivity contribution in [3.8, 4) is 0 Å². The summed E-state index contributed by atoms with van der Waals surface area (Å²) in [6, 6.07) is 10.3. The Morgan fingerprint density at radius 1 is 1.18 bits per heavy atom. The van der Waals surface area contributed by atoms with Gasteiger partial charge in [0.25, 0.3) is 0 Å². The topological polar surface area (TPSA) is 45.8 Å². The molecule has 1 aromatic heterocycles. The fraction of sp³-hybridized carbons (Fsp3) is 0.286. The zero-order chi connectivity index (χ0) is 12.1. The zero-order valence-electron chi connectivity index (χ0n) is 9.94. The first-order valence-electron chi connectivity index (χ1n) is 5.90. The molecule has 1 heterocycles. The second-order valence-electron chi connectivity index (χ2n) is 4.03. The van der Waals surface area contributed by atoms with E-state index in [9.17, 15) is 4.79 Å². The number of benzene rings is 1. The maximum Gasteiger partial charge on any atom is 0.345 e. The first kappa shape index (κ1) is 11.6. The predicted molar refractivity (Wildman–Crippen MR) is 68.1 cm³/mol. The molecule has 17 heavy (non-hydrogen) atoms. The summed E-state index contributed by atoms with van der Waals surface area (Å²) < 4.78 is 0. The Balaban J connectivity index is 2.11. The summed E-state index contributed by atoms with van der Waals surface area (Å²) in [6.07, 6.45) is 4.42. The van der Waals surface area contributed by atoms with Gasteiger partial charge < -0.3 is 4.98 Å². The molecule has 0 saturated heterocycles. The lowest BCUT2D eigenvalue weighted by atomic mass is 10.0. The Hall–Kier alpha value is -1.90. The van der Waals surface area contributed by atoms with Crippen molar-refractivity contribution in [1.82, 2.24) is 9.97 Å². The normalized spacial score (nSPS) is 10.4. The van der Waals surface area contributed by atoms with Gasteiger partial charge in [0.2, 0.25) is 0 Å². The number of nitrogens with zero attached hydrogens (tertiary/aromatic N) is 1. The number of aryl methyl sites for hydroxylation is 3. The van der Waals surface area contributed by atoms with Crippen LogP contribution in [0, 0.1) is 0 Å². The van der Waals surface area contributed by atoms with Gasteiger partial charge >= 0.3 is 5.69 Å². The molecular formula is C14H16N2O. The summed E-state index contributed by atoms with van der Waals surface area (Å²) >= 11 is 0. The number of hydrogen-bond donors (Lipinski definition) is 1. The highest BCUT2D eigenvalue weighted by Crippen LogP contribution is 2.08.